The average Bonchev–Trinajstić information content (AvgIpc) is 3.09. The lowest BCUT2D eigenvalue weighted by Crippen LogP contribution is -2.19. The molecule has 0 atom stereocenters. The van der Waals surface area contributed by atoms with Crippen molar-refractivity contribution in [1.29, 1.82) is 0 Å². The first-order valence-electron chi connectivity index (χ1n) is 7.71. The molecule has 132 valence electrons. The number of aryl methyl sites for hydroxylation is 1. The van der Waals surface area contributed by atoms with E-state index in [1.165, 1.54) is 13.1 Å². The second kappa shape index (κ2) is 7.37. The summed E-state index contributed by atoms with van der Waals surface area (Å²) in [4.78, 5) is 28.3. The van der Waals surface area contributed by atoms with E-state index in [-0.39, 0.29) is 17.4 Å². The van der Waals surface area contributed by atoms with Gasteiger partial charge in [0.05, 0.1) is 10.6 Å². The number of nitrogens with zero attached hydrogens (tertiary/aromatic N) is 2. The highest BCUT2D eigenvalue weighted by atomic mass is 35.5. The van der Waals surface area contributed by atoms with Gasteiger partial charge in [-0.1, -0.05) is 16.8 Å². The standard InChI is InChI=1S/C18H15ClN4O3/c1-10-21-18(26-23-10)12-5-3-11(4-6-12)16(24)22-13-7-8-15(19)14(9-13)17(25)20-2/h3-9H,1-2H3,(H,20,25)(H,22,24). The van der Waals surface area contributed by atoms with E-state index in [1.54, 1.807) is 43.3 Å². The number of amides is 2. The molecule has 2 amide bonds. The molecule has 1 aromatic heterocycles. The van der Waals surface area contributed by atoms with E-state index in [1.807, 2.05) is 0 Å². The number of carbonyl (C=O) groups is 2. The number of hydrogen-bond donors (Lipinski definition) is 2. The molecule has 0 radical (unpaired) electrons. The summed E-state index contributed by atoms with van der Waals surface area (Å²) in [5, 5.41) is 9.28. The molecule has 2 aromatic carbocycles. The third-order valence-corrected chi connectivity index (χ3v) is 3.95. The van der Waals surface area contributed by atoms with Crippen LogP contribution in [0.4, 0.5) is 5.69 Å². The number of hydrogen-bond acceptors (Lipinski definition) is 5. The van der Waals surface area contributed by atoms with Crippen LogP contribution >= 0.6 is 11.6 Å². The van der Waals surface area contributed by atoms with Gasteiger partial charge in [-0.3, -0.25) is 9.59 Å². The first-order valence-corrected chi connectivity index (χ1v) is 8.09. The molecule has 0 aliphatic carbocycles. The van der Waals surface area contributed by atoms with Crippen molar-refractivity contribution in [1.82, 2.24) is 15.5 Å². The van der Waals surface area contributed by atoms with Gasteiger partial charge in [-0.2, -0.15) is 4.98 Å². The van der Waals surface area contributed by atoms with Crippen LogP contribution in [0.15, 0.2) is 47.0 Å². The summed E-state index contributed by atoms with van der Waals surface area (Å²) < 4.78 is 5.09. The minimum atomic E-state index is -0.328. The van der Waals surface area contributed by atoms with E-state index < -0.39 is 0 Å². The molecule has 0 saturated heterocycles. The van der Waals surface area contributed by atoms with Gasteiger partial charge < -0.3 is 15.2 Å². The Morgan fingerprint density at radius 2 is 1.81 bits per heavy atom. The zero-order valence-corrected chi connectivity index (χ0v) is 14.8. The smallest absolute Gasteiger partial charge is 0.257 e. The number of halogens is 1. The largest absolute Gasteiger partial charge is 0.355 e. The lowest BCUT2D eigenvalue weighted by Gasteiger charge is -2.09. The van der Waals surface area contributed by atoms with Gasteiger partial charge in [0.2, 0.25) is 0 Å². The molecule has 1 heterocycles. The van der Waals surface area contributed by atoms with Crippen molar-refractivity contribution in [3.63, 3.8) is 0 Å². The monoisotopic (exact) mass is 370 g/mol. The summed E-state index contributed by atoms with van der Waals surface area (Å²) >= 11 is 6.01. The Morgan fingerprint density at radius 3 is 2.42 bits per heavy atom. The van der Waals surface area contributed by atoms with Crippen molar-refractivity contribution in [2.24, 2.45) is 0 Å². The van der Waals surface area contributed by atoms with Crippen LogP contribution in [0.25, 0.3) is 11.5 Å². The molecule has 3 aromatic rings. The summed E-state index contributed by atoms with van der Waals surface area (Å²) in [6, 6.07) is 11.5. The number of nitrogens with one attached hydrogen (secondary N) is 2. The zero-order chi connectivity index (χ0) is 18.7. The summed E-state index contributed by atoms with van der Waals surface area (Å²) in [5.74, 6) is 0.285. The van der Waals surface area contributed by atoms with Gasteiger partial charge in [-0.25, -0.2) is 0 Å². The highest BCUT2D eigenvalue weighted by Crippen LogP contribution is 2.22. The van der Waals surface area contributed by atoms with Crippen LogP contribution in [0.1, 0.15) is 26.5 Å². The highest BCUT2D eigenvalue weighted by molar-refractivity contribution is 6.34. The predicted molar refractivity (Wildman–Crippen MR) is 97.3 cm³/mol. The molecule has 2 N–H and O–H groups in total. The molecule has 0 unspecified atom stereocenters. The van der Waals surface area contributed by atoms with Crippen molar-refractivity contribution in [3.8, 4) is 11.5 Å². The van der Waals surface area contributed by atoms with Crippen LogP contribution in [0.3, 0.4) is 0 Å². The maximum Gasteiger partial charge on any atom is 0.257 e. The van der Waals surface area contributed by atoms with Gasteiger partial charge >= 0.3 is 0 Å². The summed E-state index contributed by atoms with van der Waals surface area (Å²) in [7, 11) is 1.51. The fourth-order valence-corrected chi connectivity index (χ4v) is 2.50. The molecule has 7 nitrogen and oxygen atoms in total. The van der Waals surface area contributed by atoms with Crippen LogP contribution in [0.5, 0.6) is 0 Å². The van der Waals surface area contributed by atoms with Gasteiger partial charge in [0.25, 0.3) is 17.7 Å². The Bertz CT molecular complexity index is 967. The van der Waals surface area contributed by atoms with Crippen molar-refractivity contribution in [3.05, 3.63) is 64.4 Å². The van der Waals surface area contributed by atoms with Crippen molar-refractivity contribution < 1.29 is 14.1 Å². The van der Waals surface area contributed by atoms with E-state index in [9.17, 15) is 9.59 Å². The number of aromatic nitrogens is 2. The Kier molecular flexibility index (Phi) is 4.99. The average molecular weight is 371 g/mol. The molecular formula is C18H15ClN4O3. The molecule has 0 aliphatic rings. The number of carbonyl (C=O) groups excluding carboxylic acids is 2. The van der Waals surface area contributed by atoms with Gasteiger partial charge in [0.15, 0.2) is 5.82 Å². The summed E-state index contributed by atoms with van der Waals surface area (Å²) in [6.07, 6.45) is 0. The number of benzene rings is 2. The fourth-order valence-electron chi connectivity index (χ4n) is 2.29. The van der Waals surface area contributed by atoms with Crippen LogP contribution in [-0.2, 0) is 0 Å². The van der Waals surface area contributed by atoms with Gasteiger partial charge in [-0.05, 0) is 49.4 Å². The van der Waals surface area contributed by atoms with Gasteiger partial charge in [0, 0.05) is 23.9 Å². The van der Waals surface area contributed by atoms with E-state index in [0.717, 1.165) is 5.56 Å². The van der Waals surface area contributed by atoms with E-state index in [0.29, 0.717) is 28.0 Å². The zero-order valence-electron chi connectivity index (χ0n) is 14.0. The first-order chi connectivity index (χ1) is 12.5. The Labute approximate surface area is 154 Å². The van der Waals surface area contributed by atoms with E-state index in [2.05, 4.69) is 20.8 Å². The van der Waals surface area contributed by atoms with Crippen LogP contribution in [0, 0.1) is 6.92 Å². The molecule has 26 heavy (non-hydrogen) atoms. The highest BCUT2D eigenvalue weighted by Gasteiger charge is 2.13. The maximum atomic E-state index is 12.4. The van der Waals surface area contributed by atoms with Crippen molar-refractivity contribution in [2.75, 3.05) is 12.4 Å². The second-order valence-corrected chi connectivity index (χ2v) is 5.86. The van der Waals surface area contributed by atoms with Crippen molar-refractivity contribution >= 4 is 29.1 Å². The molecular weight excluding hydrogens is 356 g/mol. The first kappa shape index (κ1) is 17.6. The lowest BCUT2D eigenvalue weighted by atomic mass is 10.1. The molecule has 0 bridgehead atoms. The van der Waals surface area contributed by atoms with E-state index in [4.69, 9.17) is 16.1 Å². The Hall–Kier alpha value is -3.19. The minimum Gasteiger partial charge on any atom is -0.355 e. The van der Waals surface area contributed by atoms with Gasteiger partial charge in [0.1, 0.15) is 0 Å². The molecule has 0 fully saturated rings. The third-order valence-electron chi connectivity index (χ3n) is 3.62. The molecule has 8 heteroatoms. The third kappa shape index (κ3) is 3.73. The van der Waals surface area contributed by atoms with Crippen LogP contribution in [-0.4, -0.2) is 29.0 Å². The molecule has 0 saturated carbocycles. The van der Waals surface area contributed by atoms with Crippen molar-refractivity contribution in [2.45, 2.75) is 6.92 Å². The molecule has 0 aliphatic heterocycles. The Balaban J connectivity index is 1.77. The second-order valence-electron chi connectivity index (χ2n) is 5.45. The maximum absolute atomic E-state index is 12.4. The van der Waals surface area contributed by atoms with Crippen LogP contribution < -0.4 is 10.6 Å². The van der Waals surface area contributed by atoms with Gasteiger partial charge in [-0.15, -0.1) is 0 Å². The Morgan fingerprint density at radius 1 is 1.08 bits per heavy atom. The summed E-state index contributed by atoms with van der Waals surface area (Å²) in [5.41, 5.74) is 1.92. The van der Waals surface area contributed by atoms with Crippen LogP contribution in [0.2, 0.25) is 5.02 Å². The quantitative estimate of drug-likeness (QED) is 0.734. The summed E-state index contributed by atoms with van der Waals surface area (Å²) in [6.45, 7) is 1.73. The SMILES string of the molecule is CNC(=O)c1cc(NC(=O)c2ccc(-c3nc(C)no3)cc2)ccc1Cl. The minimum absolute atomic E-state index is 0.286. The number of rotatable bonds is 4. The molecule has 0 spiro atoms. The molecule has 3 rings (SSSR count). The normalized spacial score (nSPS) is 10.4. The topological polar surface area (TPSA) is 97.1 Å². The lowest BCUT2D eigenvalue weighted by molar-refractivity contribution is 0.0961. The predicted octanol–water partition coefficient (Wildman–Crippen LogP) is 3.31. The fraction of sp³-hybridized carbons (Fsp3) is 0.111. The van der Waals surface area contributed by atoms with E-state index >= 15 is 0 Å². The number of anilines is 1.